The molecule has 112 valence electrons. The molecule has 1 amide bonds. The molecule has 0 bridgehead atoms. The average molecular weight is 272 g/mol. The molecule has 1 aliphatic heterocycles. The van der Waals surface area contributed by atoms with Crippen LogP contribution >= 0.6 is 0 Å². The van der Waals surface area contributed by atoms with Crippen LogP contribution in [0.2, 0.25) is 0 Å². The predicted molar refractivity (Wildman–Crippen MR) is 75.2 cm³/mol. The summed E-state index contributed by atoms with van der Waals surface area (Å²) in [6.45, 7) is 11.1. The van der Waals surface area contributed by atoms with Crippen LogP contribution < -0.4 is 0 Å². The first-order valence-electron chi connectivity index (χ1n) is 7.20. The highest BCUT2D eigenvalue weighted by Crippen LogP contribution is 2.18. The zero-order chi connectivity index (χ0) is 14.5. The molecule has 19 heavy (non-hydrogen) atoms. The number of aliphatic hydroxyl groups excluding tert-OH is 1. The van der Waals surface area contributed by atoms with E-state index < -0.39 is 5.60 Å². The van der Waals surface area contributed by atoms with Crippen molar-refractivity contribution in [3.8, 4) is 0 Å². The first kappa shape index (κ1) is 16.2. The Balaban J connectivity index is 2.42. The highest BCUT2D eigenvalue weighted by atomic mass is 16.6. The largest absolute Gasteiger partial charge is 0.444 e. The second-order valence-corrected chi connectivity index (χ2v) is 6.05. The van der Waals surface area contributed by atoms with Crippen molar-refractivity contribution in [1.29, 1.82) is 0 Å². The van der Waals surface area contributed by atoms with E-state index in [1.54, 1.807) is 4.90 Å². The Labute approximate surface area is 116 Å². The minimum absolute atomic E-state index is 0.195. The molecule has 1 heterocycles. The van der Waals surface area contributed by atoms with Gasteiger partial charge in [-0.3, -0.25) is 4.90 Å². The van der Waals surface area contributed by atoms with Crippen LogP contribution in [-0.4, -0.2) is 65.4 Å². The van der Waals surface area contributed by atoms with Gasteiger partial charge in [0.05, 0.1) is 6.61 Å². The minimum Gasteiger partial charge on any atom is -0.444 e. The van der Waals surface area contributed by atoms with E-state index in [-0.39, 0.29) is 12.7 Å². The summed E-state index contributed by atoms with van der Waals surface area (Å²) in [6, 6.07) is 0.468. The van der Waals surface area contributed by atoms with Crippen LogP contribution in [-0.2, 0) is 4.74 Å². The average Bonchev–Trinajstić information content (AvgIpc) is 2.34. The van der Waals surface area contributed by atoms with E-state index in [2.05, 4.69) is 11.8 Å². The van der Waals surface area contributed by atoms with Crippen molar-refractivity contribution in [3.05, 3.63) is 0 Å². The number of hydrogen-bond acceptors (Lipinski definition) is 4. The number of rotatable bonds is 4. The quantitative estimate of drug-likeness (QED) is 0.846. The van der Waals surface area contributed by atoms with Gasteiger partial charge in [0.2, 0.25) is 0 Å². The summed E-state index contributed by atoms with van der Waals surface area (Å²) in [4.78, 5) is 16.0. The maximum absolute atomic E-state index is 11.9. The molecule has 1 saturated heterocycles. The third-order valence-corrected chi connectivity index (χ3v) is 3.43. The van der Waals surface area contributed by atoms with Crippen molar-refractivity contribution in [1.82, 2.24) is 9.80 Å². The van der Waals surface area contributed by atoms with E-state index in [0.29, 0.717) is 12.6 Å². The molecule has 5 heteroatoms. The Morgan fingerprint density at radius 2 is 1.95 bits per heavy atom. The van der Waals surface area contributed by atoms with E-state index in [1.165, 1.54) is 0 Å². The van der Waals surface area contributed by atoms with E-state index >= 15 is 0 Å². The molecule has 1 fully saturated rings. The van der Waals surface area contributed by atoms with Crippen molar-refractivity contribution >= 4 is 6.09 Å². The van der Waals surface area contributed by atoms with E-state index in [9.17, 15) is 4.79 Å². The fraction of sp³-hybridized carbons (Fsp3) is 0.929. The number of hydrogen-bond donors (Lipinski definition) is 1. The molecule has 0 spiro atoms. The number of carbonyl (C=O) groups is 1. The van der Waals surface area contributed by atoms with Crippen LogP contribution in [0.25, 0.3) is 0 Å². The van der Waals surface area contributed by atoms with Gasteiger partial charge < -0.3 is 14.7 Å². The third kappa shape index (κ3) is 5.37. The smallest absolute Gasteiger partial charge is 0.410 e. The molecular formula is C14H28N2O3. The topological polar surface area (TPSA) is 53.0 Å². The lowest BCUT2D eigenvalue weighted by Gasteiger charge is -2.38. The van der Waals surface area contributed by atoms with Crippen LogP contribution in [0.4, 0.5) is 4.79 Å². The third-order valence-electron chi connectivity index (χ3n) is 3.43. The summed E-state index contributed by atoms with van der Waals surface area (Å²) >= 11 is 0. The summed E-state index contributed by atoms with van der Waals surface area (Å²) in [5, 5.41) is 9.04. The molecule has 0 unspecified atom stereocenters. The molecule has 0 aliphatic carbocycles. The lowest BCUT2D eigenvalue weighted by atomic mass is 10.0. The normalized spacial score (nSPS) is 17.9. The van der Waals surface area contributed by atoms with Gasteiger partial charge in [0.1, 0.15) is 5.60 Å². The SMILES string of the molecule is CCN(CCO)C1CCN(C(=O)OC(C)(C)C)CC1. The lowest BCUT2D eigenvalue weighted by Crippen LogP contribution is -2.48. The molecule has 1 N–H and O–H groups in total. The molecule has 0 saturated carbocycles. The van der Waals surface area contributed by atoms with Gasteiger partial charge in [0.25, 0.3) is 0 Å². The number of aliphatic hydroxyl groups is 1. The van der Waals surface area contributed by atoms with Crippen LogP contribution in [0.3, 0.4) is 0 Å². The van der Waals surface area contributed by atoms with Crippen LogP contribution in [0.5, 0.6) is 0 Å². The summed E-state index contributed by atoms with van der Waals surface area (Å²) in [5.74, 6) is 0. The van der Waals surface area contributed by atoms with Crippen molar-refractivity contribution < 1.29 is 14.6 Å². The van der Waals surface area contributed by atoms with E-state index in [0.717, 1.165) is 32.5 Å². The van der Waals surface area contributed by atoms with Gasteiger partial charge >= 0.3 is 6.09 Å². The number of amides is 1. The van der Waals surface area contributed by atoms with Crippen LogP contribution in [0, 0.1) is 0 Å². The Bertz CT molecular complexity index is 281. The number of likely N-dealkylation sites (N-methyl/N-ethyl adjacent to an activating group) is 1. The van der Waals surface area contributed by atoms with Crippen molar-refractivity contribution in [2.24, 2.45) is 0 Å². The summed E-state index contributed by atoms with van der Waals surface area (Å²) in [7, 11) is 0. The molecular weight excluding hydrogens is 244 g/mol. The second-order valence-electron chi connectivity index (χ2n) is 6.05. The number of piperidine rings is 1. The van der Waals surface area contributed by atoms with Gasteiger partial charge in [-0.15, -0.1) is 0 Å². The zero-order valence-electron chi connectivity index (χ0n) is 12.7. The lowest BCUT2D eigenvalue weighted by molar-refractivity contribution is 0.0136. The zero-order valence-corrected chi connectivity index (χ0v) is 12.7. The van der Waals surface area contributed by atoms with Gasteiger partial charge in [-0.1, -0.05) is 6.92 Å². The van der Waals surface area contributed by atoms with E-state index in [1.807, 2.05) is 20.8 Å². The van der Waals surface area contributed by atoms with E-state index in [4.69, 9.17) is 9.84 Å². The van der Waals surface area contributed by atoms with Gasteiger partial charge in [-0.05, 0) is 40.2 Å². The van der Waals surface area contributed by atoms with Gasteiger partial charge in [-0.25, -0.2) is 4.79 Å². The first-order chi connectivity index (χ1) is 8.87. The van der Waals surface area contributed by atoms with Gasteiger partial charge in [0.15, 0.2) is 0 Å². The molecule has 0 aromatic carbocycles. The van der Waals surface area contributed by atoms with Crippen molar-refractivity contribution in [3.63, 3.8) is 0 Å². The predicted octanol–water partition coefficient (Wildman–Crippen LogP) is 1.70. The Morgan fingerprint density at radius 3 is 2.37 bits per heavy atom. The number of ether oxygens (including phenoxy) is 1. The monoisotopic (exact) mass is 272 g/mol. The van der Waals surface area contributed by atoms with Crippen molar-refractivity contribution in [2.75, 3.05) is 32.8 Å². The highest BCUT2D eigenvalue weighted by molar-refractivity contribution is 5.68. The van der Waals surface area contributed by atoms with Crippen LogP contribution in [0.15, 0.2) is 0 Å². The number of carbonyl (C=O) groups excluding carboxylic acids is 1. The summed E-state index contributed by atoms with van der Waals surface area (Å²) < 4.78 is 5.38. The Kier molecular flexibility index (Phi) is 6.07. The standard InChI is InChI=1S/C14H28N2O3/c1-5-15(10-11-17)12-6-8-16(9-7-12)13(18)19-14(2,3)4/h12,17H,5-11H2,1-4H3. The molecule has 0 aromatic heterocycles. The van der Waals surface area contributed by atoms with Crippen LogP contribution in [0.1, 0.15) is 40.5 Å². The molecule has 0 aromatic rings. The molecule has 5 nitrogen and oxygen atoms in total. The first-order valence-corrected chi connectivity index (χ1v) is 7.20. The Morgan fingerprint density at radius 1 is 1.37 bits per heavy atom. The Hall–Kier alpha value is -0.810. The highest BCUT2D eigenvalue weighted by Gasteiger charge is 2.28. The minimum atomic E-state index is -0.430. The number of nitrogens with zero attached hydrogens (tertiary/aromatic N) is 2. The fourth-order valence-corrected chi connectivity index (χ4v) is 2.47. The number of likely N-dealkylation sites (tertiary alicyclic amines) is 1. The maximum atomic E-state index is 11.9. The second kappa shape index (κ2) is 7.10. The fourth-order valence-electron chi connectivity index (χ4n) is 2.47. The van der Waals surface area contributed by atoms with Gasteiger partial charge in [-0.2, -0.15) is 0 Å². The molecule has 0 atom stereocenters. The maximum Gasteiger partial charge on any atom is 0.410 e. The summed E-state index contributed by atoms with van der Waals surface area (Å²) in [5.41, 5.74) is -0.430. The van der Waals surface area contributed by atoms with Gasteiger partial charge in [0, 0.05) is 25.7 Å². The molecule has 0 radical (unpaired) electrons. The summed E-state index contributed by atoms with van der Waals surface area (Å²) in [6.07, 6.45) is 1.69. The molecule has 1 rings (SSSR count). The van der Waals surface area contributed by atoms with Crippen molar-refractivity contribution in [2.45, 2.75) is 52.2 Å². The molecule has 1 aliphatic rings.